The molecule has 0 atom stereocenters. The van der Waals surface area contributed by atoms with E-state index < -0.39 is 19.1 Å². The van der Waals surface area contributed by atoms with Crippen molar-refractivity contribution >= 4 is 11.5 Å². The molecule has 0 fully saturated rings. The molecule has 2 aromatic rings. The Bertz CT molecular complexity index is 486. The molecule has 7 nitrogen and oxygen atoms in total. The van der Waals surface area contributed by atoms with Gasteiger partial charge in [-0.3, -0.25) is 0 Å². The van der Waals surface area contributed by atoms with Crippen molar-refractivity contribution in [3.63, 3.8) is 0 Å². The number of aliphatic hydroxyl groups is 1. The van der Waals surface area contributed by atoms with Crippen LogP contribution >= 0.6 is 0 Å². The summed E-state index contributed by atoms with van der Waals surface area (Å²) in [6.45, 7) is -1.92. The first kappa shape index (κ1) is 10.6. The molecule has 0 amide bonds. The minimum atomic E-state index is -3.18. The van der Waals surface area contributed by atoms with Gasteiger partial charge in [0.15, 0.2) is 5.65 Å². The van der Waals surface area contributed by atoms with Crippen LogP contribution in [0.2, 0.25) is 0 Å². The van der Waals surface area contributed by atoms with Crippen LogP contribution in [-0.2, 0) is 0 Å². The maximum Gasteiger partial charge on any atom is 0.287 e. The summed E-state index contributed by atoms with van der Waals surface area (Å²) in [4.78, 5) is 0. The number of hydrogen-bond acceptors (Lipinski definition) is 6. The van der Waals surface area contributed by atoms with Crippen LogP contribution in [0, 0.1) is 0 Å². The van der Waals surface area contributed by atoms with Gasteiger partial charge in [-0.25, -0.2) is 8.78 Å². The Labute approximate surface area is 88.1 Å². The van der Waals surface area contributed by atoms with Crippen LogP contribution in [0.4, 0.5) is 14.6 Å². The molecule has 16 heavy (non-hydrogen) atoms. The van der Waals surface area contributed by atoms with E-state index in [1.807, 2.05) is 0 Å². The number of nitrogens with zero attached hydrogens (tertiary/aromatic N) is 5. The van der Waals surface area contributed by atoms with Gasteiger partial charge < -0.3 is 10.4 Å². The highest BCUT2D eigenvalue weighted by molar-refractivity contribution is 5.42. The van der Waals surface area contributed by atoms with E-state index >= 15 is 0 Å². The summed E-state index contributed by atoms with van der Waals surface area (Å²) in [7, 11) is 0. The van der Waals surface area contributed by atoms with Crippen LogP contribution < -0.4 is 5.32 Å². The zero-order chi connectivity index (χ0) is 11.6. The first-order valence-corrected chi connectivity index (χ1v) is 4.39. The molecule has 0 radical (unpaired) electrons. The second-order valence-corrected chi connectivity index (χ2v) is 3.11. The third-order valence-electron chi connectivity index (χ3n) is 1.83. The molecular weight excluding hydrogens is 222 g/mol. The summed E-state index contributed by atoms with van der Waals surface area (Å²) in [5, 5.41) is 25.0. The summed E-state index contributed by atoms with van der Waals surface area (Å²) in [6, 6.07) is 3.01. The van der Waals surface area contributed by atoms with Gasteiger partial charge in [-0.15, -0.1) is 14.8 Å². The van der Waals surface area contributed by atoms with Crippen LogP contribution in [-0.4, -0.2) is 49.4 Å². The van der Waals surface area contributed by atoms with E-state index in [1.54, 1.807) is 0 Å². The lowest BCUT2D eigenvalue weighted by molar-refractivity contribution is -0.0373. The van der Waals surface area contributed by atoms with Gasteiger partial charge in [0, 0.05) is 0 Å². The van der Waals surface area contributed by atoms with Gasteiger partial charge in [0.2, 0.25) is 0 Å². The lowest BCUT2D eigenvalue weighted by Gasteiger charge is -2.13. The van der Waals surface area contributed by atoms with Crippen molar-refractivity contribution in [3.05, 3.63) is 12.1 Å². The zero-order valence-corrected chi connectivity index (χ0v) is 8.01. The summed E-state index contributed by atoms with van der Waals surface area (Å²) >= 11 is 0. The number of aliphatic hydroxyl groups excluding tert-OH is 1. The lowest BCUT2D eigenvalue weighted by Crippen LogP contribution is -2.31. The summed E-state index contributed by atoms with van der Waals surface area (Å²) < 4.78 is 26.5. The molecule has 0 unspecified atom stereocenters. The molecule has 0 bridgehead atoms. The van der Waals surface area contributed by atoms with Gasteiger partial charge in [-0.05, 0) is 22.6 Å². The first-order valence-electron chi connectivity index (χ1n) is 4.39. The summed E-state index contributed by atoms with van der Waals surface area (Å²) in [5.74, 6) is -2.98. The van der Waals surface area contributed by atoms with Crippen LogP contribution in [0.3, 0.4) is 0 Å². The molecule has 9 heteroatoms. The predicted molar refractivity (Wildman–Crippen MR) is 49.1 cm³/mol. The number of hydrogen-bond donors (Lipinski definition) is 2. The SMILES string of the molecule is OCC(F)(F)CNc1ccc2nnnn2n1. The largest absolute Gasteiger partial charge is 0.390 e. The zero-order valence-electron chi connectivity index (χ0n) is 8.01. The summed E-state index contributed by atoms with van der Waals surface area (Å²) in [5.41, 5.74) is 0.416. The highest BCUT2D eigenvalue weighted by Gasteiger charge is 2.27. The van der Waals surface area contributed by atoms with Gasteiger partial charge in [-0.1, -0.05) is 0 Å². The van der Waals surface area contributed by atoms with E-state index in [2.05, 4.69) is 25.9 Å². The second kappa shape index (κ2) is 3.93. The van der Waals surface area contributed by atoms with Crippen LogP contribution in [0.25, 0.3) is 5.65 Å². The molecule has 86 valence electrons. The van der Waals surface area contributed by atoms with Crippen LogP contribution in [0.1, 0.15) is 0 Å². The number of rotatable bonds is 4. The molecule has 0 aromatic carbocycles. The standard InChI is InChI=1S/C7H8F2N6O/c8-7(9,4-16)3-10-5-1-2-6-11-13-14-15(6)12-5/h1-2,16H,3-4H2,(H,10,12). The molecule has 0 spiro atoms. The lowest BCUT2D eigenvalue weighted by atomic mass is 10.3. The Morgan fingerprint density at radius 2 is 2.25 bits per heavy atom. The molecule has 0 aliphatic rings. The van der Waals surface area contributed by atoms with E-state index in [0.29, 0.717) is 5.65 Å². The highest BCUT2D eigenvalue weighted by atomic mass is 19.3. The molecule has 2 aromatic heterocycles. The van der Waals surface area contributed by atoms with E-state index in [4.69, 9.17) is 5.11 Å². The Hall–Kier alpha value is -1.90. The average Bonchev–Trinajstić information content (AvgIpc) is 2.73. The van der Waals surface area contributed by atoms with Crippen molar-refractivity contribution in [3.8, 4) is 0 Å². The molecule has 2 rings (SSSR count). The number of halogens is 2. The highest BCUT2D eigenvalue weighted by Crippen LogP contribution is 2.13. The molecule has 0 saturated carbocycles. The van der Waals surface area contributed by atoms with E-state index in [0.717, 1.165) is 4.63 Å². The Kier molecular flexibility index (Phi) is 2.60. The topological polar surface area (TPSA) is 88.2 Å². The van der Waals surface area contributed by atoms with Gasteiger partial charge in [0.1, 0.15) is 12.4 Å². The van der Waals surface area contributed by atoms with Crippen molar-refractivity contribution in [1.82, 2.24) is 25.3 Å². The van der Waals surface area contributed by atoms with Crippen molar-refractivity contribution in [2.45, 2.75) is 5.92 Å². The fourth-order valence-electron chi connectivity index (χ4n) is 1.02. The van der Waals surface area contributed by atoms with Gasteiger partial charge in [0.05, 0.1) is 6.54 Å². The average molecular weight is 230 g/mol. The Balaban J connectivity index is 2.09. The van der Waals surface area contributed by atoms with Gasteiger partial charge in [-0.2, -0.15) is 0 Å². The monoisotopic (exact) mass is 230 g/mol. The minimum absolute atomic E-state index is 0.202. The smallest absolute Gasteiger partial charge is 0.287 e. The van der Waals surface area contributed by atoms with E-state index in [1.165, 1.54) is 12.1 Å². The molecule has 2 N–H and O–H groups in total. The fourth-order valence-corrected chi connectivity index (χ4v) is 1.02. The van der Waals surface area contributed by atoms with Crippen LogP contribution in [0.15, 0.2) is 12.1 Å². The number of tetrazole rings is 1. The van der Waals surface area contributed by atoms with Crippen LogP contribution in [0.5, 0.6) is 0 Å². The van der Waals surface area contributed by atoms with Crippen molar-refractivity contribution in [2.75, 3.05) is 18.5 Å². The minimum Gasteiger partial charge on any atom is -0.390 e. The maximum absolute atomic E-state index is 12.7. The van der Waals surface area contributed by atoms with E-state index in [9.17, 15) is 8.78 Å². The first-order chi connectivity index (χ1) is 7.61. The molecule has 0 aliphatic carbocycles. The van der Waals surface area contributed by atoms with Gasteiger partial charge in [0.25, 0.3) is 5.92 Å². The Morgan fingerprint density at radius 3 is 3.00 bits per heavy atom. The normalized spacial score (nSPS) is 11.9. The molecule has 2 heterocycles. The second-order valence-electron chi connectivity index (χ2n) is 3.11. The number of anilines is 1. The quantitative estimate of drug-likeness (QED) is 0.740. The van der Waals surface area contributed by atoms with Crippen molar-refractivity contribution in [1.29, 1.82) is 0 Å². The number of nitrogens with one attached hydrogen (secondary N) is 1. The number of fused-ring (bicyclic) bond motifs is 1. The van der Waals surface area contributed by atoms with Crippen molar-refractivity contribution < 1.29 is 13.9 Å². The Morgan fingerprint density at radius 1 is 1.44 bits per heavy atom. The number of alkyl halides is 2. The third kappa shape index (κ3) is 2.19. The third-order valence-corrected chi connectivity index (χ3v) is 1.83. The van der Waals surface area contributed by atoms with Gasteiger partial charge >= 0.3 is 0 Å². The van der Waals surface area contributed by atoms with E-state index in [-0.39, 0.29) is 5.82 Å². The fraction of sp³-hybridized carbons (Fsp3) is 0.429. The molecule has 0 saturated heterocycles. The van der Waals surface area contributed by atoms with Crippen molar-refractivity contribution in [2.24, 2.45) is 0 Å². The summed E-state index contributed by atoms with van der Waals surface area (Å²) in [6.07, 6.45) is 0. The molecule has 0 aliphatic heterocycles. The predicted octanol–water partition coefficient (Wildman–Crippen LogP) is -0.441. The maximum atomic E-state index is 12.7. The number of aromatic nitrogens is 5. The molecular formula is C7H8F2N6O.